The highest BCUT2D eigenvalue weighted by Crippen LogP contribution is 2.06. The van der Waals surface area contributed by atoms with E-state index in [9.17, 15) is 9.59 Å². The number of aldehydes is 1. The summed E-state index contributed by atoms with van der Waals surface area (Å²) in [6, 6.07) is 0. The number of hydrogen-bond acceptors (Lipinski definition) is 3. The Morgan fingerprint density at radius 1 is 1.50 bits per heavy atom. The third-order valence-electron chi connectivity index (χ3n) is 1.01. The summed E-state index contributed by atoms with van der Waals surface area (Å²) in [6.07, 6.45) is 3.38. The van der Waals surface area contributed by atoms with Crippen molar-refractivity contribution in [1.82, 2.24) is 0 Å². The lowest BCUT2D eigenvalue weighted by Crippen LogP contribution is -2.00. The number of hydrogen-bond donors (Lipinski definition) is 0. The highest BCUT2D eigenvalue weighted by molar-refractivity contribution is 5.81. The standard InChI is InChI=1S/C9H10O3/c1-4-5-9(6-10)7(2)12-8(3)11/h4-6H,1-2H2,3H3. The molecule has 0 aliphatic carbocycles. The molecule has 0 aromatic rings. The van der Waals surface area contributed by atoms with Crippen molar-refractivity contribution in [2.75, 3.05) is 0 Å². The van der Waals surface area contributed by atoms with Crippen molar-refractivity contribution in [3.63, 3.8) is 0 Å². The summed E-state index contributed by atoms with van der Waals surface area (Å²) < 4.78 is 4.58. The van der Waals surface area contributed by atoms with Crippen molar-refractivity contribution in [1.29, 1.82) is 0 Å². The van der Waals surface area contributed by atoms with Crippen LogP contribution in [0.3, 0.4) is 0 Å². The minimum absolute atomic E-state index is 0.0393. The minimum Gasteiger partial charge on any atom is -0.427 e. The normalized spacial score (nSPS) is 10.2. The molecule has 3 nitrogen and oxygen atoms in total. The molecule has 64 valence electrons. The third kappa shape index (κ3) is 3.51. The molecule has 0 saturated carbocycles. The lowest BCUT2D eigenvalue weighted by Gasteiger charge is -2.02. The zero-order valence-electron chi connectivity index (χ0n) is 6.87. The molecule has 0 spiro atoms. The topological polar surface area (TPSA) is 43.4 Å². The van der Waals surface area contributed by atoms with E-state index in [4.69, 9.17) is 0 Å². The molecular formula is C9H10O3. The van der Waals surface area contributed by atoms with E-state index in [0.29, 0.717) is 6.29 Å². The number of ether oxygens (including phenoxy) is 1. The first-order valence-electron chi connectivity index (χ1n) is 3.27. The molecule has 0 aliphatic heterocycles. The summed E-state index contributed by atoms with van der Waals surface area (Å²) in [5, 5.41) is 0. The first kappa shape index (κ1) is 10.4. The number of carbonyl (C=O) groups excluding carboxylic acids is 2. The van der Waals surface area contributed by atoms with Gasteiger partial charge in [0.05, 0.1) is 5.57 Å². The minimum atomic E-state index is -0.503. The van der Waals surface area contributed by atoms with Gasteiger partial charge in [0.1, 0.15) is 5.76 Å². The predicted octanol–water partition coefficient (Wildman–Crippen LogP) is 1.37. The van der Waals surface area contributed by atoms with Crippen LogP contribution in [0.4, 0.5) is 0 Å². The fourth-order valence-corrected chi connectivity index (χ4v) is 0.557. The molecular weight excluding hydrogens is 156 g/mol. The lowest BCUT2D eigenvalue weighted by atomic mass is 10.2. The fraction of sp³-hybridized carbons (Fsp3) is 0.111. The Bertz CT molecular complexity index is 248. The summed E-state index contributed by atoms with van der Waals surface area (Å²) in [7, 11) is 0. The lowest BCUT2D eigenvalue weighted by molar-refractivity contribution is -0.136. The van der Waals surface area contributed by atoms with Gasteiger partial charge < -0.3 is 4.74 Å². The van der Waals surface area contributed by atoms with Crippen LogP contribution >= 0.6 is 0 Å². The second-order valence-corrected chi connectivity index (χ2v) is 1.99. The van der Waals surface area contributed by atoms with Crippen molar-refractivity contribution in [2.45, 2.75) is 6.92 Å². The first-order chi connectivity index (χ1) is 5.61. The molecule has 0 saturated heterocycles. The molecule has 0 aromatic heterocycles. The molecule has 3 heteroatoms. The molecule has 0 amide bonds. The summed E-state index contributed by atoms with van der Waals surface area (Å²) in [5.41, 5.74) is 0.209. The average molecular weight is 166 g/mol. The fourth-order valence-electron chi connectivity index (χ4n) is 0.557. The highest BCUT2D eigenvalue weighted by atomic mass is 16.5. The third-order valence-corrected chi connectivity index (χ3v) is 1.01. The van der Waals surface area contributed by atoms with Crippen molar-refractivity contribution >= 4 is 12.3 Å². The van der Waals surface area contributed by atoms with Gasteiger partial charge in [0.2, 0.25) is 0 Å². The van der Waals surface area contributed by atoms with Crippen LogP contribution < -0.4 is 0 Å². The molecule has 0 aromatic carbocycles. The molecule has 0 heterocycles. The number of esters is 1. The Kier molecular flexibility index (Phi) is 4.38. The van der Waals surface area contributed by atoms with Gasteiger partial charge in [0.25, 0.3) is 0 Å². The van der Waals surface area contributed by atoms with E-state index in [2.05, 4.69) is 17.9 Å². The Morgan fingerprint density at radius 2 is 2.08 bits per heavy atom. The SMILES string of the molecule is C=CC=C(C=O)C(=C)OC(C)=O. The number of carbonyl (C=O) groups is 2. The van der Waals surface area contributed by atoms with Crippen molar-refractivity contribution < 1.29 is 14.3 Å². The van der Waals surface area contributed by atoms with Crippen LogP contribution in [0.15, 0.2) is 36.6 Å². The van der Waals surface area contributed by atoms with Gasteiger partial charge in [-0.05, 0) is 6.08 Å². The maximum Gasteiger partial charge on any atom is 0.308 e. The molecule has 0 fully saturated rings. The summed E-state index contributed by atoms with van der Waals surface area (Å²) >= 11 is 0. The predicted molar refractivity (Wildman–Crippen MR) is 45.3 cm³/mol. The van der Waals surface area contributed by atoms with E-state index >= 15 is 0 Å². The molecule has 0 radical (unpaired) electrons. The summed E-state index contributed by atoms with van der Waals surface area (Å²) in [5.74, 6) is -0.464. The number of rotatable bonds is 4. The second kappa shape index (κ2) is 5.07. The van der Waals surface area contributed by atoms with Crippen LogP contribution in [-0.2, 0) is 14.3 Å². The van der Waals surface area contributed by atoms with Crippen molar-refractivity contribution in [3.05, 3.63) is 36.6 Å². The van der Waals surface area contributed by atoms with Crippen molar-refractivity contribution in [3.8, 4) is 0 Å². The van der Waals surface area contributed by atoms with E-state index in [0.717, 1.165) is 0 Å². The van der Waals surface area contributed by atoms with Gasteiger partial charge in [-0.25, -0.2) is 0 Å². The maximum atomic E-state index is 10.4. The largest absolute Gasteiger partial charge is 0.427 e. The Labute approximate surface area is 71.0 Å². The smallest absolute Gasteiger partial charge is 0.308 e. The zero-order chi connectivity index (χ0) is 9.56. The molecule has 0 atom stereocenters. The van der Waals surface area contributed by atoms with Gasteiger partial charge in [-0.1, -0.05) is 19.2 Å². The molecule has 0 N–H and O–H groups in total. The van der Waals surface area contributed by atoms with Crippen LogP contribution in [0, 0.1) is 0 Å². The van der Waals surface area contributed by atoms with Gasteiger partial charge >= 0.3 is 5.97 Å². The molecule has 0 rings (SSSR count). The summed E-state index contributed by atoms with van der Waals surface area (Å²) in [4.78, 5) is 20.8. The Morgan fingerprint density at radius 3 is 2.42 bits per heavy atom. The van der Waals surface area contributed by atoms with Gasteiger partial charge in [-0.2, -0.15) is 0 Å². The molecule has 12 heavy (non-hydrogen) atoms. The van der Waals surface area contributed by atoms with E-state index in [1.165, 1.54) is 19.1 Å². The summed E-state index contributed by atoms with van der Waals surface area (Å²) in [6.45, 7) is 8.02. The Hall–Kier alpha value is -1.64. The monoisotopic (exact) mass is 166 g/mol. The van der Waals surface area contributed by atoms with Gasteiger partial charge in [0.15, 0.2) is 6.29 Å². The molecule has 0 bridgehead atoms. The van der Waals surface area contributed by atoms with Crippen LogP contribution in [0.2, 0.25) is 0 Å². The first-order valence-corrected chi connectivity index (χ1v) is 3.27. The van der Waals surface area contributed by atoms with Crippen molar-refractivity contribution in [2.24, 2.45) is 0 Å². The van der Waals surface area contributed by atoms with Crippen LogP contribution in [0.1, 0.15) is 6.92 Å². The average Bonchev–Trinajstić information content (AvgIpc) is 1.98. The van der Waals surface area contributed by atoms with Crippen LogP contribution in [0.5, 0.6) is 0 Å². The maximum absolute atomic E-state index is 10.4. The second-order valence-electron chi connectivity index (χ2n) is 1.99. The van der Waals surface area contributed by atoms with Crippen LogP contribution in [-0.4, -0.2) is 12.3 Å². The quantitative estimate of drug-likeness (QED) is 0.208. The van der Waals surface area contributed by atoms with E-state index < -0.39 is 5.97 Å². The van der Waals surface area contributed by atoms with E-state index in [1.807, 2.05) is 0 Å². The highest BCUT2D eigenvalue weighted by Gasteiger charge is 2.03. The van der Waals surface area contributed by atoms with E-state index in [1.54, 1.807) is 0 Å². The van der Waals surface area contributed by atoms with Gasteiger partial charge in [-0.15, -0.1) is 0 Å². The Balaban J connectivity index is 4.42. The zero-order valence-corrected chi connectivity index (χ0v) is 6.87. The van der Waals surface area contributed by atoms with Gasteiger partial charge in [0, 0.05) is 6.92 Å². The van der Waals surface area contributed by atoms with Gasteiger partial charge in [-0.3, -0.25) is 9.59 Å². The van der Waals surface area contributed by atoms with Crippen LogP contribution in [0.25, 0.3) is 0 Å². The molecule has 0 aliphatic rings. The van der Waals surface area contributed by atoms with E-state index in [-0.39, 0.29) is 11.3 Å². The number of allylic oxidation sites excluding steroid dienone is 3. The molecule has 0 unspecified atom stereocenters.